The van der Waals surface area contributed by atoms with Gasteiger partial charge in [0, 0.05) is 12.0 Å². The third-order valence-electron chi connectivity index (χ3n) is 2.45. The van der Waals surface area contributed by atoms with E-state index in [4.69, 9.17) is 11.5 Å². The van der Waals surface area contributed by atoms with Gasteiger partial charge in [0.1, 0.15) is 0 Å². The van der Waals surface area contributed by atoms with E-state index in [0.29, 0.717) is 12.6 Å². The van der Waals surface area contributed by atoms with E-state index in [1.807, 2.05) is 27.7 Å². The zero-order valence-corrected chi connectivity index (χ0v) is 11.4. The number of guanidine groups is 1. The van der Waals surface area contributed by atoms with E-state index in [0.717, 1.165) is 12.8 Å². The molecule has 0 aromatic heterocycles. The van der Waals surface area contributed by atoms with Crippen molar-refractivity contribution in [3.63, 3.8) is 0 Å². The lowest BCUT2D eigenvalue weighted by molar-refractivity contribution is -0.459. The van der Waals surface area contributed by atoms with Crippen LogP contribution in [0.4, 0.5) is 0 Å². The molecule has 0 saturated heterocycles. The normalized spacial score (nSPS) is 12.8. The minimum atomic E-state index is -0.0733. The molecule has 0 heterocycles. The molecule has 17 heavy (non-hydrogen) atoms. The lowest BCUT2D eigenvalue weighted by atomic mass is 9.97. The summed E-state index contributed by atoms with van der Waals surface area (Å²) in [5.41, 5.74) is 10.6. The predicted molar refractivity (Wildman–Crippen MR) is 70.4 cm³/mol. The SMILES string of the molecule is CC(C)NC(CCC[NH+]=C(N)N)C(=O)C(C)C. The molecule has 1 unspecified atom stereocenters. The van der Waals surface area contributed by atoms with Crippen molar-refractivity contribution in [2.45, 2.75) is 52.6 Å². The maximum absolute atomic E-state index is 12.0. The Morgan fingerprint density at radius 3 is 2.24 bits per heavy atom. The number of hydrogen-bond acceptors (Lipinski definition) is 2. The summed E-state index contributed by atoms with van der Waals surface area (Å²) in [5.74, 6) is 0.558. The molecule has 0 bridgehead atoms. The topological polar surface area (TPSA) is 95.1 Å². The van der Waals surface area contributed by atoms with Gasteiger partial charge in [-0.05, 0) is 12.8 Å². The fraction of sp³-hybridized carbons (Fsp3) is 0.833. The van der Waals surface area contributed by atoms with Crippen LogP contribution >= 0.6 is 0 Å². The fourth-order valence-electron chi connectivity index (χ4n) is 1.65. The summed E-state index contributed by atoms with van der Waals surface area (Å²) in [5, 5.41) is 3.30. The molecule has 0 aliphatic rings. The Morgan fingerprint density at radius 1 is 1.24 bits per heavy atom. The van der Waals surface area contributed by atoms with Gasteiger partial charge in [-0.3, -0.25) is 21.3 Å². The third-order valence-corrected chi connectivity index (χ3v) is 2.45. The first-order valence-electron chi connectivity index (χ1n) is 6.26. The van der Waals surface area contributed by atoms with Crippen LogP contribution in [0.1, 0.15) is 40.5 Å². The van der Waals surface area contributed by atoms with Crippen molar-refractivity contribution >= 4 is 11.7 Å². The number of carbonyl (C=O) groups is 1. The van der Waals surface area contributed by atoms with Gasteiger partial charge in [-0.25, -0.2) is 0 Å². The van der Waals surface area contributed by atoms with E-state index in [-0.39, 0.29) is 23.7 Å². The highest BCUT2D eigenvalue weighted by molar-refractivity contribution is 5.85. The Morgan fingerprint density at radius 2 is 1.82 bits per heavy atom. The smallest absolute Gasteiger partial charge is 0.305 e. The van der Waals surface area contributed by atoms with E-state index >= 15 is 0 Å². The monoisotopic (exact) mass is 243 g/mol. The zero-order chi connectivity index (χ0) is 13.4. The molecule has 0 aliphatic carbocycles. The highest BCUT2D eigenvalue weighted by Gasteiger charge is 2.21. The molecule has 0 amide bonds. The largest absolute Gasteiger partial charge is 0.338 e. The molecule has 5 heteroatoms. The van der Waals surface area contributed by atoms with Crippen molar-refractivity contribution in [2.75, 3.05) is 6.54 Å². The standard InChI is InChI=1S/C12H26N4O/c1-8(2)11(17)10(16-9(3)4)6-5-7-15-12(13)14/h8-10,16H,5-7H2,1-4H3,(H4,13,14,15)/p+1. The van der Waals surface area contributed by atoms with Crippen LogP contribution < -0.4 is 21.8 Å². The maximum atomic E-state index is 12.0. The Hall–Kier alpha value is -1.10. The van der Waals surface area contributed by atoms with Crippen LogP contribution in [0.5, 0.6) is 0 Å². The fourth-order valence-corrected chi connectivity index (χ4v) is 1.65. The molecule has 0 rings (SSSR count). The summed E-state index contributed by atoms with van der Waals surface area (Å²) in [6.45, 7) is 8.65. The summed E-state index contributed by atoms with van der Waals surface area (Å²) < 4.78 is 0. The predicted octanol–water partition coefficient (Wildman–Crippen LogP) is -1.29. The molecule has 0 aliphatic heterocycles. The number of nitrogens with two attached hydrogens (primary N) is 2. The van der Waals surface area contributed by atoms with Crippen LogP contribution in [0, 0.1) is 5.92 Å². The van der Waals surface area contributed by atoms with Crippen molar-refractivity contribution in [2.24, 2.45) is 17.4 Å². The van der Waals surface area contributed by atoms with Crippen molar-refractivity contribution in [3.05, 3.63) is 0 Å². The molecule has 6 N–H and O–H groups in total. The summed E-state index contributed by atoms with van der Waals surface area (Å²) in [4.78, 5) is 14.8. The molecule has 0 aromatic rings. The third kappa shape index (κ3) is 7.74. The number of nitrogens with one attached hydrogen (secondary N) is 2. The highest BCUT2D eigenvalue weighted by atomic mass is 16.1. The van der Waals surface area contributed by atoms with Gasteiger partial charge >= 0.3 is 5.96 Å². The molecular formula is C12H27N4O+. The average Bonchev–Trinajstić information content (AvgIpc) is 2.20. The van der Waals surface area contributed by atoms with Crippen LogP contribution in [-0.4, -0.2) is 30.4 Å². The molecule has 5 nitrogen and oxygen atoms in total. The quantitative estimate of drug-likeness (QED) is 0.242. The van der Waals surface area contributed by atoms with Gasteiger partial charge in [0.05, 0.1) is 12.6 Å². The minimum absolute atomic E-state index is 0.0605. The molecule has 100 valence electrons. The number of carbonyl (C=O) groups excluding carboxylic acids is 1. The molecule has 0 spiro atoms. The van der Waals surface area contributed by atoms with Gasteiger partial charge in [0.2, 0.25) is 0 Å². The van der Waals surface area contributed by atoms with Crippen LogP contribution in [0.25, 0.3) is 0 Å². The Bertz CT molecular complexity index is 257. The lowest BCUT2D eigenvalue weighted by Crippen LogP contribution is -2.78. The number of hydrogen-bond donors (Lipinski definition) is 4. The zero-order valence-electron chi connectivity index (χ0n) is 11.4. The Balaban J connectivity index is 4.20. The highest BCUT2D eigenvalue weighted by Crippen LogP contribution is 2.06. The Labute approximate surface area is 104 Å². The van der Waals surface area contributed by atoms with Crippen LogP contribution in [0.15, 0.2) is 0 Å². The Kier molecular flexibility index (Phi) is 7.54. The van der Waals surface area contributed by atoms with E-state index in [1.165, 1.54) is 0 Å². The average molecular weight is 243 g/mol. The van der Waals surface area contributed by atoms with Crippen molar-refractivity contribution in [1.82, 2.24) is 5.32 Å². The second-order valence-corrected chi connectivity index (χ2v) is 4.96. The summed E-state index contributed by atoms with van der Waals surface area (Å²) >= 11 is 0. The van der Waals surface area contributed by atoms with E-state index in [9.17, 15) is 4.79 Å². The van der Waals surface area contributed by atoms with Crippen molar-refractivity contribution in [1.29, 1.82) is 0 Å². The summed E-state index contributed by atoms with van der Waals surface area (Å²) in [7, 11) is 0. The van der Waals surface area contributed by atoms with Gasteiger partial charge in [0.25, 0.3) is 0 Å². The van der Waals surface area contributed by atoms with Gasteiger partial charge < -0.3 is 5.32 Å². The molecule has 0 fully saturated rings. The van der Waals surface area contributed by atoms with E-state index in [2.05, 4.69) is 10.3 Å². The maximum Gasteiger partial charge on any atom is 0.338 e. The van der Waals surface area contributed by atoms with Crippen LogP contribution in [0.3, 0.4) is 0 Å². The number of ketones is 1. The van der Waals surface area contributed by atoms with Crippen molar-refractivity contribution in [3.8, 4) is 0 Å². The van der Waals surface area contributed by atoms with Gasteiger partial charge in [-0.15, -0.1) is 0 Å². The van der Waals surface area contributed by atoms with Crippen LogP contribution in [0.2, 0.25) is 0 Å². The second kappa shape index (κ2) is 8.06. The molecule has 0 radical (unpaired) electrons. The summed E-state index contributed by atoms with van der Waals surface area (Å²) in [6, 6.07) is 0.234. The first kappa shape index (κ1) is 15.9. The van der Waals surface area contributed by atoms with Gasteiger partial charge in [0.15, 0.2) is 5.78 Å². The molecular weight excluding hydrogens is 216 g/mol. The number of Topliss-reactive ketones (excluding diaryl/α,β-unsaturated/α-hetero) is 1. The minimum Gasteiger partial charge on any atom is -0.305 e. The molecule has 0 saturated carbocycles. The van der Waals surface area contributed by atoms with E-state index < -0.39 is 0 Å². The first-order valence-corrected chi connectivity index (χ1v) is 6.26. The lowest BCUT2D eigenvalue weighted by Gasteiger charge is -2.21. The molecule has 0 aromatic carbocycles. The van der Waals surface area contributed by atoms with Crippen LogP contribution in [-0.2, 0) is 4.79 Å². The van der Waals surface area contributed by atoms with Crippen molar-refractivity contribution < 1.29 is 9.79 Å². The summed E-state index contributed by atoms with van der Waals surface area (Å²) in [6.07, 6.45) is 1.66. The van der Waals surface area contributed by atoms with Gasteiger partial charge in [-0.2, -0.15) is 0 Å². The first-order chi connectivity index (χ1) is 7.84. The number of rotatable bonds is 8. The second-order valence-electron chi connectivity index (χ2n) is 4.96. The molecule has 1 atom stereocenters. The van der Waals surface area contributed by atoms with Gasteiger partial charge in [-0.1, -0.05) is 27.7 Å². The van der Waals surface area contributed by atoms with E-state index in [1.54, 1.807) is 0 Å².